The number of hydrogen-bond acceptors (Lipinski definition) is 2. The molecule has 0 atom stereocenters. The van der Waals surface area contributed by atoms with Gasteiger partial charge in [0.25, 0.3) is 0 Å². The molecule has 1 aromatic carbocycles. The Morgan fingerprint density at radius 3 is 2.53 bits per heavy atom. The molecular weight excluding hydrogens is 212 g/mol. The normalized spacial score (nSPS) is 16.0. The lowest BCUT2D eigenvalue weighted by molar-refractivity contribution is -0.116. The molecule has 0 unspecified atom stereocenters. The first-order valence-electron chi connectivity index (χ1n) is 6.39. The second kappa shape index (κ2) is 5.71. The SMILES string of the molecule is Nc1ccc(NC(=O)CCC2CCCC2)cc1. The molecule has 1 aliphatic rings. The zero-order valence-electron chi connectivity index (χ0n) is 10.1. The Labute approximate surface area is 102 Å². The van der Waals surface area contributed by atoms with Gasteiger partial charge in [-0.05, 0) is 36.6 Å². The molecule has 2 rings (SSSR count). The molecule has 0 radical (unpaired) electrons. The molecule has 92 valence electrons. The predicted octanol–water partition coefficient (Wildman–Crippen LogP) is 3.18. The van der Waals surface area contributed by atoms with E-state index in [0.717, 1.165) is 18.0 Å². The Bertz CT molecular complexity index is 366. The third kappa shape index (κ3) is 3.77. The molecule has 17 heavy (non-hydrogen) atoms. The largest absolute Gasteiger partial charge is 0.399 e. The summed E-state index contributed by atoms with van der Waals surface area (Å²) < 4.78 is 0. The van der Waals surface area contributed by atoms with E-state index in [9.17, 15) is 4.79 Å². The molecular formula is C14H20N2O. The molecule has 1 amide bonds. The molecule has 1 aromatic rings. The summed E-state index contributed by atoms with van der Waals surface area (Å²) in [6.45, 7) is 0. The minimum atomic E-state index is 0.113. The highest BCUT2D eigenvalue weighted by atomic mass is 16.1. The van der Waals surface area contributed by atoms with Crippen LogP contribution in [0.15, 0.2) is 24.3 Å². The van der Waals surface area contributed by atoms with Gasteiger partial charge in [-0.1, -0.05) is 25.7 Å². The Kier molecular flexibility index (Phi) is 4.02. The summed E-state index contributed by atoms with van der Waals surface area (Å²) in [5.74, 6) is 0.883. The fraction of sp³-hybridized carbons (Fsp3) is 0.500. The third-order valence-electron chi connectivity index (χ3n) is 3.45. The zero-order chi connectivity index (χ0) is 12.1. The molecule has 0 bridgehead atoms. The van der Waals surface area contributed by atoms with Crippen LogP contribution in [0.25, 0.3) is 0 Å². The Balaban J connectivity index is 1.74. The molecule has 0 aromatic heterocycles. The number of benzene rings is 1. The van der Waals surface area contributed by atoms with Crippen molar-refractivity contribution >= 4 is 17.3 Å². The van der Waals surface area contributed by atoms with Gasteiger partial charge < -0.3 is 11.1 Å². The van der Waals surface area contributed by atoms with Gasteiger partial charge in [0.1, 0.15) is 0 Å². The Morgan fingerprint density at radius 2 is 1.88 bits per heavy atom. The van der Waals surface area contributed by atoms with Crippen LogP contribution >= 0.6 is 0 Å². The van der Waals surface area contributed by atoms with E-state index in [1.807, 2.05) is 12.1 Å². The van der Waals surface area contributed by atoms with Gasteiger partial charge >= 0.3 is 0 Å². The predicted molar refractivity (Wildman–Crippen MR) is 70.7 cm³/mol. The van der Waals surface area contributed by atoms with E-state index >= 15 is 0 Å². The molecule has 0 heterocycles. The first kappa shape index (κ1) is 12.0. The zero-order valence-corrected chi connectivity index (χ0v) is 10.1. The third-order valence-corrected chi connectivity index (χ3v) is 3.45. The van der Waals surface area contributed by atoms with Gasteiger partial charge in [0.15, 0.2) is 0 Å². The van der Waals surface area contributed by atoms with Crippen LogP contribution in [-0.2, 0) is 4.79 Å². The lowest BCUT2D eigenvalue weighted by atomic mass is 10.0. The highest BCUT2D eigenvalue weighted by Crippen LogP contribution is 2.28. The number of amides is 1. The highest BCUT2D eigenvalue weighted by Gasteiger charge is 2.16. The fourth-order valence-electron chi connectivity index (χ4n) is 2.42. The van der Waals surface area contributed by atoms with Crippen LogP contribution in [0, 0.1) is 5.92 Å². The number of nitrogens with two attached hydrogens (primary N) is 1. The number of carbonyl (C=O) groups excluding carboxylic acids is 1. The van der Waals surface area contributed by atoms with E-state index in [-0.39, 0.29) is 5.91 Å². The Hall–Kier alpha value is -1.51. The molecule has 0 saturated heterocycles. The molecule has 0 aliphatic heterocycles. The number of anilines is 2. The molecule has 1 fully saturated rings. The lowest BCUT2D eigenvalue weighted by Gasteiger charge is -2.09. The lowest BCUT2D eigenvalue weighted by Crippen LogP contribution is -2.12. The number of nitrogen functional groups attached to an aromatic ring is 1. The van der Waals surface area contributed by atoms with Gasteiger partial charge in [-0.25, -0.2) is 0 Å². The molecule has 0 spiro atoms. The maximum atomic E-state index is 11.7. The van der Waals surface area contributed by atoms with Gasteiger partial charge in [0, 0.05) is 17.8 Å². The first-order chi connectivity index (χ1) is 8.24. The van der Waals surface area contributed by atoms with Gasteiger partial charge in [0.2, 0.25) is 5.91 Å². The van der Waals surface area contributed by atoms with Crippen molar-refractivity contribution in [3.05, 3.63) is 24.3 Å². The average Bonchev–Trinajstić information content (AvgIpc) is 2.83. The van der Waals surface area contributed by atoms with Crippen molar-refractivity contribution in [3.8, 4) is 0 Å². The maximum absolute atomic E-state index is 11.7. The summed E-state index contributed by atoms with van der Waals surface area (Å²) in [5, 5.41) is 2.90. The van der Waals surface area contributed by atoms with E-state index in [1.165, 1.54) is 25.7 Å². The summed E-state index contributed by atoms with van der Waals surface area (Å²) in [4.78, 5) is 11.7. The van der Waals surface area contributed by atoms with E-state index < -0.39 is 0 Å². The topological polar surface area (TPSA) is 55.1 Å². The number of hydrogen-bond donors (Lipinski definition) is 2. The summed E-state index contributed by atoms with van der Waals surface area (Å²) in [7, 11) is 0. The monoisotopic (exact) mass is 232 g/mol. The van der Waals surface area contributed by atoms with Gasteiger partial charge in [-0.2, -0.15) is 0 Å². The molecule has 3 N–H and O–H groups in total. The van der Waals surface area contributed by atoms with Crippen LogP contribution in [0.2, 0.25) is 0 Å². The smallest absolute Gasteiger partial charge is 0.224 e. The first-order valence-corrected chi connectivity index (χ1v) is 6.39. The second-order valence-corrected chi connectivity index (χ2v) is 4.86. The van der Waals surface area contributed by atoms with E-state index in [1.54, 1.807) is 12.1 Å². The number of nitrogens with one attached hydrogen (secondary N) is 1. The highest BCUT2D eigenvalue weighted by molar-refractivity contribution is 5.90. The van der Waals surface area contributed by atoms with Crippen LogP contribution < -0.4 is 11.1 Å². The van der Waals surface area contributed by atoms with Crippen molar-refractivity contribution in [1.82, 2.24) is 0 Å². The molecule has 1 aliphatic carbocycles. The average molecular weight is 232 g/mol. The van der Waals surface area contributed by atoms with Crippen LogP contribution in [0.5, 0.6) is 0 Å². The molecule has 1 saturated carbocycles. The summed E-state index contributed by atoms with van der Waals surface area (Å²) >= 11 is 0. The summed E-state index contributed by atoms with van der Waals surface area (Å²) in [6, 6.07) is 7.27. The van der Waals surface area contributed by atoms with Crippen LogP contribution in [-0.4, -0.2) is 5.91 Å². The van der Waals surface area contributed by atoms with Crippen molar-refractivity contribution in [3.63, 3.8) is 0 Å². The van der Waals surface area contributed by atoms with E-state index in [2.05, 4.69) is 5.32 Å². The van der Waals surface area contributed by atoms with Crippen LogP contribution in [0.4, 0.5) is 11.4 Å². The van der Waals surface area contributed by atoms with Crippen molar-refractivity contribution in [1.29, 1.82) is 0 Å². The van der Waals surface area contributed by atoms with Crippen molar-refractivity contribution in [2.75, 3.05) is 11.1 Å². The van der Waals surface area contributed by atoms with Crippen molar-refractivity contribution < 1.29 is 4.79 Å². The van der Waals surface area contributed by atoms with Crippen LogP contribution in [0.3, 0.4) is 0 Å². The van der Waals surface area contributed by atoms with Gasteiger partial charge in [0.05, 0.1) is 0 Å². The fourth-order valence-corrected chi connectivity index (χ4v) is 2.42. The second-order valence-electron chi connectivity index (χ2n) is 4.86. The standard InChI is InChI=1S/C14H20N2O/c15-12-6-8-13(9-7-12)16-14(17)10-5-11-3-1-2-4-11/h6-9,11H,1-5,10,15H2,(H,16,17). The van der Waals surface area contributed by atoms with E-state index in [4.69, 9.17) is 5.73 Å². The number of rotatable bonds is 4. The maximum Gasteiger partial charge on any atom is 0.224 e. The van der Waals surface area contributed by atoms with Crippen molar-refractivity contribution in [2.45, 2.75) is 38.5 Å². The van der Waals surface area contributed by atoms with E-state index in [0.29, 0.717) is 12.1 Å². The quantitative estimate of drug-likeness (QED) is 0.783. The van der Waals surface area contributed by atoms with Gasteiger partial charge in [-0.3, -0.25) is 4.79 Å². The summed E-state index contributed by atoms with van der Waals surface area (Å²) in [6.07, 6.45) is 6.94. The van der Waals surface area contributed by atoms with Gasteiger partial charge in [-0.15, -0.1) is 0 Å². The molecule has 3 nitrogen and oxygen atoms in total. The number of carbonyl (C=O) groups is 1. The Morgan fingerprint density at radius 1 is 1.24 bits per heavy atom. The summed E-state index contributed by atoms with van der Waals surface area (Å²) in [5.41, 5.74) is 7.13. The van der Waals surface area contributed by atoms with Crippen LogP contribution in [0.1, 0.15) is 38.5 Å². The minimum Gasteiger partial charge on any atom is -0.399 e. The molecule has 3 heteroatoms. The minimum absolute atomic E-state index is 0.113. The van der Waals surface area contributed by atoms with Crippen molar-refractivity contribution in [2.24, 2.45) is 5.92 Å².